The van der Waals surface area contributed by atoms with E-state index in [-0.39, 0.29) is 0 Å². The number of rotatable bonds is 3. The summed E-state index contributed by atoms with van der Waals surface area (Å²) in [6.07, 6.45) is 2.63. The molecule has 19 heavy (non-hydrogen) atoms. The molecule has 3 rings (SSSR count). The van der Waals surface area contributed by atoms with Crippen LogP contribution in [0.15, 0.2) is 28.8 Å². The molecule has 2 aromatic heterocycles. The molecule has 4 nitrogen and oxygen atoms in total. The van der Waals surface area contributed by atoms with Crippen molar-refractivity contribution in [3.8, 4) is 0 Å². The van der Waals surface area contributed by atoms with Crippen LogP contribution in [-0.4, -0.2) is 14.5 Å². The summed E-state index contributed by atoms with van der Waals surface area (Å²) in [7, 11) is 0. The van der Waals surface area contributed by atoms with Crippen LogP contribution in [0.4, 0.5) is 0 Å². The van der Waals surface area contributed by atoms with Crippen LogP contribution < -0.4 is 0 Å². The van der Waals surface area contributed by atoms with E-state index in [1.54, 1.807) is 6.20 Å². The third-order valence-corrected chi connectivity index (χ3v) is 3.50. The standard InChI is InChI=1S/C14H15N3OS/c1-3-10-7-15-13(18-10)8-17-12-6-9(2)4-5-11(12)16-14(17)19/h4-7H,3,8H2,1-2H3,(H,16,19). The highest BCUT2D eigenvalue weighted by atomic mass is 32.1. The van der Waals surface area contributed by atoms with Gasteiger partial charge in [0.1, 0.15) is 12.3 Å². The minimum atomic E-state index is 0.558. The van der Waals surface area contributed by atoms with Gasteiger partial charge in [0.05, 0.1) is 17.2 Å². The van der Waals surface area contributed by atoms with Crippen molar-refractivity contribution in [3.63, 3.8) is 0 Å². The number of hydrogen-bond acceptors (Lipinski definition) is 3. The van der Waals surface area contributed by atoms with Crippen LogP contribution in [0.2, 0.25) is 0 Å². The van der Waals surface area contributed by atoms with Crippen LogP contribution >= 0.6 is 12.2 Å². The third kappa shape index (κ3) is 2.21. The number of H-pyrrole nitrogens is 1. The summed E-state index contributed by atoms with van der Waals surface area (Å²) in [6.45, 7) is 4.67. The highest BCUT2D eigenvalue weighted by Gasteiger charge is 2.08. The van der Waals surface area contributed by atoms with Crippen LogP contribution in [0.5, 0.6) is 0 Å². The van der Waals surface area contributed by atoms with Gasteiger partial charge in [-0.3, -0.25) is 0 Å². The summed E-state index contributed by atoms with van der Waals surface area (Å²) in [5.74, 6) is 1.59. The van der Waals surface area contributed by atoms with Crippen molar-refractivity contribution in [1.29, 1.82) is 0 Å². The molecule has 1 N–H and O–H groups in total. The molecule has 0 unspecified atom stereocenters. The predicted octanol–water partition coefficient (Wildman–Crippen LogP) is 3.61. The second-order valence-electron chi connectivity index (χ2n) is 4.61. The van der Waals surface area contributed by atoms with Gasteiger partial charge in [0.25, 0.3) is 0 Å². The fourth-order valence-electron chi connectivity index (χ4n) is 2.14. The van der Waals surface area contributed by atoms with Crippen LogP contribution in [0.25, 0.3) is 11.0 Å². The molecule has 0 saturated carbocycles. The van der Waals surface area contributed by atoms with Gasteiger partial charge < -0.3 is 14.0 Å². The Morgan fingerprint density at radius 2 is 2.26 bits per heavy atom. The van der Waals surface area contributed by atoms with Gasteiger partial charge >= 0.3 is 0 Å². The van der Waals surface area contributed by atoms with Crippen LogP contribution in [0.3, 0.4) is 0 Å². The van der Waals surface area contributed by atoms with Gasteiger partial charge in [-0.05, 0) is 36.8 Å². The van der Waals surface area contributed by atoms with Gasteiger partial charge in [0, 0.05) is 6.42 Å². The SMILES string of the molecule is CCc1cnc(Cn2c(=S)[nH]c3ccc(C)cc32)o1. The molecule has 0 radical (unpaired) electrons. The predicted molar refractivity (Wildman–Crippen MR) is 76.8 cm³/mol. The number of hydrogen-bond donors (Lipinski definition) is 1. The number of aromatic amines is 1. The minimum absolute atomic E-state index is 0.558. The maximum atomic E-state index is 5.65. The second kappa shape index (κ2) is 4.66. The first-order valence-electron chi connectivity index (χ1n) is 6.30. The lowest BCUT2D eigenvalue weighted by atomic mass is 10.2. The van der Waals surface area contributed by atoms with Crippen molar-refractivity contribution in [2.75, 3.05) is 0 Å². The lowest BCUT2D eigenvalue weighted by Gasteiger charge is -2.01. The summed E-state index contributed by atoms with van der Waals surface area (Å²) < 4.78 is 8.36. The maximum Gasteiger partial charge on any atom is 0.214 e. The van der Waals surface area contributed by atoms with Crippen molar-refractivity contribution in [3.05, 3.63) is 46.4 Å². The van der Waals surface area contributed by atoms with E-state index in [4.69, 9.17) is 16.6 Å². The van der Waals surface area contributed by atoms with Crippen LogP contribution in [0, 0.1) is 11.7 Å². The largest absolute Gasteiger partial charge is 0.444 e. The molecule has 0 amide bonds. The van der Waals surface area contributed by atoms with Crippen molar-refractivity contribution >= 4 is 23.3 Å². The number of aromatic nitrogens is 3. The molecule has 5 heteroatoms. The molecule has 0 aliphatic rings. The molecule has 2 heterocycles. The van der Waals surface area contributed by atoms with E-state index in [9.17, 15) is 0 Å². The first-order chi connectivity index (χ1) is 9.17. The number of imidazole rings is 1. The number of aryl methyl sites for hydroxylation is 2. The van der Waals surface area contributed by atoms with Crippen molar-refractivity contribution in [1.82, 2.24) is 14.5 Å². The topological polar surface area (TPSA) is 46.8 Å². The number of nitrogens with one attached hydrogen (secondary N) is 1. The summed E-state index contributed by atoms with van der Waals surface area (Å²) in [4.78, 5) is 7.49. The molecule has 0 aliphatic heterocycles. The fraction of sp³-hybridized carbons (Fsp3) is 0.286. The fourth-order valence-corrected chi connectivity index (χ4v) is 2.41. The van der Waals surface area contributed by atoms with E-state index in [0.717, 1.165) is 23.2 Å². The Labute approximate surface area is 116 Å². The van der Waals surface area contributed by atoms with Crippen LogP contribution in [0.1, 0.15) is 24.1 Å². The summed E-state index contributed by atoms with van der Waals surface area (Å²) in [5.41, 5.74) is 3.33. The molecule has 0 spiro atoms. The van der Waals surface area contributed by atoms with E-state index >= 15 is 0 Å². The molecule has 0 atom stereocenters. The molecular weight excluding hydrogens is 258 g/mol. The van der Waals surface area contributed by atoms with Crippen LogP contribution in [-0.2, 0) is 13.0 Å². The number of benzene rings is 1. The van der Waals surface area contributed by atoms with Gasteiger partial charge in [-0.15, -0.1) is 0 Å². The minimum Gasteiger partial charge on any atom is -0.444 e. The average Bonchev–Trinajstić information content (AvgIpc) is 2.96. The monoisotopic (exact) mass is 273 g/mol. The normalized spacial score (nSPS) is 11.3. The molecule has 0 aliphatic carbocycles. The second-order valence-corrected chi connectivity index (χ2v) is 5.00. The summed E-state index contributed by atoms with van der Waals surface area (Å²) in [5, 5.41) is 0. The van der Waals surface area contributed by atoms with Crippen molar-refractivity contribution < 1.29 is 4.42 Å². The number of oxazole rings is 1. The first-order valence-corrected chi connectivity index (χ1v) is 6.71. The Kier molecular flexibility index (Phi) is 2.98. The number of fused-ring (bicyclic) bond motifs is 1. The van der Waals surface area contributed by atoms with Crippen molar-refractivity contribution in [2.45, 2.75) is 26.8 Å². The van der Waals surface area contributed by atoms with Gasteiger partial charge in [0.2, 0.25) is 5.89 Å². The highest BCUT2D eigenvalue weighted by molar-refractivity contribution is 7.71. The molecular formula is C14H15N3OS. The lowest BCUT2D eigenvalue weighted by molar-refractivity contribution is 0.447. The van der Waals surface area contributed by atoms with Gasteiger partial charge in [0.15, 0.2) is 4.77 Å². The zero-order chi connectivity index (χ0) is 13.4. The van der Waals surface area contributed by atoms with E-state index in [1.807, 2.05) is 17.6 Å². The Balaban J connectivity index is 2.06. The first kappa shape index (κ1) is 12.2. The molecule has 3 aromatic rings. The summed E-state index contributed by atoms with van der Waals surface area (Å²) in [6, 6.07) is 6.23. The lowest BCUT2D eigenvalue weighted by Crippen LogP contribution is -1.99. The quantitative estimate of drug-likeness (QED) is 0.742. The third-order valence-electron chi connectivity index (χ3n) is 3.17. The average molecular weight is 273 g/mol. The van der Waals surface area contributed by atoms with Gasteiger partial charge in [-0.25, -0.2) is 4.98 Å². The Morgan fingerprint density at radius 3 is 3.00 bits per heavy atom. The summed E-state index contributed by atoms with van der Waals surface area (Å²) >= 11 is 5.37. The Hall–Kier alpha value is -1.88. The van der Waals surface area contributed by atoms with E-state index in [0.29, 0.717) is 17.2 Å². The van der Waals surface area contributed by atoms with E-state index in [2.05, 4.69) is 29.0 Å². The molecule has 1 aromatic carbocycles. The molecule has 0 bridgehead atoms. The Bertz CT molecular complexity index is 781. The van der Waals surface area contributed by atoms with Gasteiger partial charge in [-0.1, -0.05) is 13.0 Å². The van der Waals surface area contributed by atoms with E-state index in [1.165, 1.54) is 5.56 Å². The smallest absolute Gasteiger partial charge is 0.214 e. The molecule has 0 fully saturated rings. The highest BCUT2D eigenvalue weighted by Crippen LogP contribution is 2.17. The Morgan fingerprint density at radius 1 is 1.42 bits per heavy atom. The van der Waals surface area contributed by atoms with Gasteiger partial charge in [-0.2, -0.15) is 0 Å². The maximum absolute atomic E-state index is 5.65. The van der Waals surface area contributed by atoms with E-state index < -0.39 is 0 Å². The zero-order valence-electron chi connectivity index (χ0n) is 10.9. The zero-order valence-corrected chi connectivity index (χ0v) is 11.8. The molecule has 0 saturated heterocycles. The molecule has 98 valence electrons. The van der Waals surface area contributed by atoms with Crippen molar-refractivity contribution in [2.24, 2.45) is 0 Å². The number of nitrogens with zero attached hydrogens (tertiary/aromatic N) is 2.